The van der Waals surface area contributed by atoms with Crippen LogP contribution < -0.4 is 15.4 Å². The number of nitrogens with one attached hydrogen (secondary N) is 1. The third-order valence-electron chi connectivity index (χ3n) is 5.00. The maximum atomic E-state index is 12.9. The van der Waals surface area contributed by atoms with Crippen molar-refractivity contribution in [1.29, 1.82) is 0 Å². The average molecular weight is 387 g/mol. The number of anilines is 2. The van der Waals surface area contributed by atoms with Gasteiger partial charge >= 0.3 is 0 Å². The van der Waals surface area contributed by atoms with Crippen LogP contribution in [-0.4, -0.2) is 53.4 Å². The lowest BCUT2D eigenvalue weighted by molar-refractivity contribution is -0.118. The Morgan fingerprint density at radius 3 is 2.74 bits per heavy atom. The number of nitrogens with zero attached hydrogens (tertiary/aromatic N) is 4. The average Bonchev–Trinajstić information content (AvgIpc) is 2.94. The van der Waals surface area contributed by atoms with E-state index in [1.54, 1.807) is 18.9 Å². The second-order valence-corrected chi connectivity index (χ2v) is 7.93. The summed E-state index contributed by atoms with van der Waals surface area (Å²) < 4.78 is 0. The van der Waals surface area contributed by atoms with Crippen molar-refractivity contribution < 1.29 is 9.59 Å². The Labute approximate surface area is 160 Å². The molecule has 9 heteroatoms. The van der Waals surface area contributed by atoms with Crippen LogP contribution in [0.15, 0.2) is 10.9 Å². The lowest BCUT2D eigenvalue weighted by atomic mass is 10.0. The van der Waals surface area contributed by atoms with Gasteiger partial charge in [0, 0.05) is 31.1 Å². The molecule has 0 aliphatic carbocycles. The van der Waals surface area contributed by atoms with E-state index in [0.29, 0.717) is 43.3 Å². The summed E-state index contributed by atoms with van der Waals surface area (Å²) in [4.78, 5) is 50.6. The summed E-state index contributed by atoms with van der Waals surface area (Å²) in [7, 11) is 1.67. The summed E-state index contributed by atoms with van der Waals surface area (Å²) in [6.07, 6.45) is 0.681. The Morgan fingerprint density at radius 1 is 1.26 bits per heavy atom. The van der Waals surface area contributed by atoms with E-state index in [1.165, 1.54) is 22.3 Å². The second kappa shape index (κ2) is 6.49. The van der Waals surface area contributed by atoms with Gasteiger partial charge in [0.2, 0.25) is 5.91 Å². The van der Waals surface area contributed by atoms with Gasteiger partial charge < -0.3 is 19.7 Å². The van der Waals surface area contributed by atoms with Crippen LogP contribution in [0.5, 0.6) is 0 Å². The minimum Gasteiger partial charge on any atom is -0.351 e. The van der Waals surface area contributed by atoms with Gasteiger partial charge in [0.15, 0.2) is 0 Å². The first-order chi connectivity index (χ1) is 12.9. The van der Waals surface area contributed by atoms with E-state index in [4.69, 9.17) is 0 Å². The molecule has 4 heterocycles. The number of aryl methyl sites for hydroxylation is 1. The molecule has 27 heavy (non-hydrogen) atoms. The summed E-state index contributed by atoms with van der Waals surface area (Å²) >= 11 is 1.50. The summed E-state index contributed by atoms with van der Waals surface area (Å²) in [6.45, 7) is 5.56. The first-order valence-electron chi connectivity index (χ1n) is 8.92. The standard InChI is InChI=1S/C18H21N5O3S/c1-4-23-15(25)9-21(3)17(26)16-11-5-6-22(8-12(11)27-18(16)23)13-7-14(24)20-10(2)19-13/h7H,4-6,8-9H2,1-3H3,(H,19,20,24). The molecule has 2 amide bonds. The fourth-order valence-corrected chi connectivity index (χ4v) is 5.14. The number of aromatic nitrogens is 2. The van der Waals surface area contributed by atoms with Crippen LogP contribution in [0.1, 0.15) is 33.5 Å². The number of H-pyrrole nitrogens is 1. The van der Waals surface area contributed by atoms with Gasteiger partial charge in [0.1, 0.15) is 23.2 Å². The van der Waals surface area contributed by atoms with Gasteiger partial charge in [-0.25, -0.2) is 4.98 Å². The highest BCUT2D eigenvalue weighted by atomic mass is 32.1. The molecule has 142 valence electrons. The third-order valence-corrected chi connectivity index (χ3v) is 6.24. The normalized spacial score (nSPS) is 17.1. The van der Waals surface area contributed by atoms with Crippen molar-refractivity contribution in [3.8, 4) is 0 Å². The Morgan fingerprint density at radius 2 is 2.04 bits per heavy atom. The van der Waals surface area contributed by atoms with E-state index in [0.717, 1.165) is 15.4 Å². The smallest absolute Gasteiger partial charge is 0.257 e. The zero-order chi connectivity index (χ0) is 19.3. The molecule has 0 spiro atoms. The Balaban J connectivity index is 1.76. The molecular weight excluding hydrogens is 366 g/mol. The SMILES string of the molecule is CCN1C(=O)CN(C)C(=O)c2c1sc1c2CCN(c2cc(=O)[nH]c(C)n2)C1. The van der Waals surface area contributed by atoms with Crippen LogP contribution in [0.4, 0.5) is 10.8 Å². The minimum atomic E-state index is -0.176. The number of likely N-dealkylation sites (N-methyl/N-ethyl adjacent to an activating group) is 2. The summed E-state index contributed by atoms with van der Waals surface area (Å²) in [5, 5.41) is 0.749. The second-order valence-electron chi connectivity index (χ2n) is 6.84. The van der Waals surface area contributed by atoms with Gasteiger partial charge in [0.25, 0.3) is 11.5 Å². The van der Waals surface area contributed by atoms with Crippen LogP contribution in [-0.2, 0) is 17.8 Å². The summed E-state index contributed by atoms with van der Waals surface area (Å²) in [5.41, 5.74) is 1.52. The highest BCUT2D eigenvalue weighted by Gasteiger charge is 2.36. The van der Waals surface area contributed by atoms with Crippen LogP contribution in [0, 0.1) is 6.92 Å². The first-order valence-corrected chi connectivity index (χ1v) is 9.74. The van der Waals surface area contributed by atoms with Crippen LogP contribution >= 0.6 is 11.3 Å². The molecule has 8 nitrogen and oxygen atoms in total. The predicted octanol–water partition coefficient (Wildman–Crippen LogP) is 1.14. The van der Waals surface area contributed by atoms with E-state index in [1.807, 2.05) is 11.8 Å². The molecule has 0 radical (unpaired) electrons. The molecule has 1 N–H and O–H groups in total. The van der Waals surface area contributed by atoms with E-state index in [9.17, 15) is 14.4 Å². The van der Waals surface area contributed by atoms with Crippen LogP contribution in [0.2, 0.25) is 0 Å². The number of fused-ring (bicyclic) bond motifs is 3. The first kappa shape index (κ1) is 17.7. The summed E-state index contributed by atoms with van der Waals surface area (Å²) in [6, 6.07) is 1.50. The molecule has 0 saturated heterocycles. The molecule has 2 aliphatic rings. The van der Waals surface area contributed by atoms with Gasteiger partial charge in [-0.3, -0.25) is 14.4 Å². The number of amides is 2. The van der Waals surface area contributed by atoms with Crippen molar-refractivity contribution in [3.63, 3.8) is 0 Å². The van der Waals surface area contributed by atoms with Crippen molar-refractivity contribution in [1.82, 2.24) is 14.9 Å². The number of hydrogen-bond donors (Lipinski definition) is 1. The van der Waals surface area contributed by atoms with E-state index in [2.05, 4.69) is 9.97 Å². The largest absolute Gasteiger partial charge is 0.351 e. The number of rotatable bonds is 2. The number of carbonyl (C=O) groups excluding carboxylic acids is 2. The Kier molecular flexibility index (Phi) is 4.26. The molecule has 2 aromatic heterocycles. The predicted molar refractivity (Wildman–Crippen MR) is 104 cm³/mol. The highest BCUT2D eigenvalue weighted by molar-refractivity contribution is 7.17. The van der Waals surface area contributed by atoms with Gasteiger partial charge in [-0.05, 0) is 25.8 Å². The number of hydrogen-bond acceptors (Lipinski definition) is 6. The van der Waals surface area contributed by atoms with Gasteiger partial charge in [0.05, 0.1) is 12.1 Å². The molecule has 2 aliphatic heterocycles. The number of aromatic amines is 1. The monoisotopic (exact) mass is 387 g/mol. The molecule has 0 aromatic carbocycles. The van der Waals surface area contributed by atoms with Crippen molar-refractivity contribution in [2.45, 2.75) is 26.8 Å². The molecule has 4 rings (SSSR count). The van der Waals surface area contributed by atoms with Gasteiger partial charge in [-0.2, -0.15) is 0 Å². The van der Waals surface area contributed by atoms with Gasteiger partial charge in [-0.1, -0.05) is 0 Å². The number of carbonyl (C=O) groups is 2. The van der Waals surface area contributed by atoms with Crippen molar-refractivity contribution >= 4 is 34.0 Å². The van der Waals surface area contributed by atoms with E-state index in [-0.39, 0.29) is 23.9 Å². The van der Waals surface area contributed by atoms with Crippen molar-refractivity contribution in [2.24, 2.45) is 0 Å². The lowest BCUT2D eigenvalue weighted by Gasteiger charge is -2.28. The fraction of sp³-hybridized carbons (Fsp3) is 0.444. The molecule has 0 atom stereocenters. The molecular formula is C18H21N5O3S. The third kappa shape index (κ3) is 2.91. The molecule has 0 fully saturated rings. The van der Waals surface area contributed by atoms with E-state index >= 15 is 0 Å². The lowest BCUT2D eigenvalue weighted by Crippen LogP contribution is -2.37. The summed E-state index contributed by atoms with van der Waals surface area (Å²) in [5.74, 6) is 1.06. The zero-order valence-corrected chi connectivity index (χ0v) is 16.4. The maximum Gasteiger partial charge on any atom is 0.257 e. The topological polar surface area (TPSA) is 89.6 Å². The van der Waals surface area contributed by atoms with Gasteiger partial charge in [-0.15, -0.1) is 11.3 Å². The quantitative estimate of drug-likeness (QED) is 0.835. The Bertz CT molecular complexity index is 995. The zero-order valence-electron chi connectivity index (χ0n) is 15.5. The van der Waals surface area contributed by atoms with Crippen LogP contribution in [0.25, 0.3) is 0 Å². The van der Waals surface area contributed by atoms with Crippen molar-refractivity contribution in [3.05, 3.63) is 38.2 Å². The minimum absolute atomic E-state index is 0.0607. The molecule has 0 unspecified atom stereocenters. The molecule has 0 saturated carbocycles. The Hall–Kier alpha value is -2.68. The molecule has 0 bridgehead atoms. The molecule has 2 aromatic rings. The van der Waals surface area contributed by atoms with E-state index < -0.39 is 0 Å². The fourth-order valence-electron chi connectivity index (χ4n) is 3.71. The number of thiophene rings is 1. The maximum absolute atomic E-state index is 12.9. The van der Waals surface area contributed by atoms with Crippen LogP contribution in [0.3, 0.4) is 0 Å². The highest BCUT2D eigenvalue weighted by Crippen LogP contribution is 2.41. The van der Waals surface area contributed by atoms with Crippen molar-refractivity contribution in [2.75, 3.05) is 36.5 Å².